The second kappa shape index (κ2) is 21.5. The third-order valence-corrected chi connectivity index (χ3v) is 7.57. The van der Waals surface area contributed by atoms with E-state index in [4.69, 9.17) is 18.6 Å². The predicted molar refractivity (Wildman–Crippen MR) is 186 cm³/mol. The van der Waals surface area contributed by atoms with Gasteiger partial charge in [0.05, 0.1) is 12.0 Å². The summed E-state index contributed by atoms with van der Waals surface area (Å²) in [4.78, 5) is 13.3. The van der Waals surface area contributed by atoms with Crippen LogP contribution in [0.5, 0.6) is 17.2 Å². The average molecular weight is 607 g/mol. The van der Waals surface area contributed by atoms with E-state index in [0.29, 0.717) is 35.7 Å². The largest absolute Gasteiger partial charge is 0.490 e. The summed E-state index contributed by atoms with van der Waals surface area (Å²) >= 11 is 0. The molecule has 1 aromatic heterocycles. The van der Waals surface area contributed by atoms with Gasteiger partial charge in [0.1, 0.15) is 13.2 Å². The summed E-state index contributed by atoms with van der Waals surface area (Å²) in [6.07, 6.45) is 22.3. The maximum absolute atomic E-state index is 13.3. The summed E-state index contributed by atoms with van der Waals surface area (Å²) in [5.41, 5.74) is 4.92. The zero-order valence-electron chi connectivity index (χ0n) is 28.7. The molecule has 2 rings (SSSR count). The van der Waals surface area contributed by atoms with Crippen LogP contribution in [0, 0.1) is 0 Å². The van der Waals surface area contributed by atoms with Crippen LogP contribution in [-0.2, 0) is 0 Å². The highest BCUT2D eigenvalue weighted by atomic mass is 16.5. The van der Waals surface area contributed by atoms with Gasteiger partial charge in [-0.05, 0) is 97.9 Å². The fraction of sp³-hybridized carbons (Fsp3) is 0.564. The molecule has 0 fully saturated rings. The number of para-hydroxylation sites is 1. The Bertz CT molecular complexity index is 1300. The third-order valence-electron chi connectivity index (χ3n) is 7.57. The van der Waals surface area contributed by atoms with Crippen LogP contribution in [0.1, 0.15) is 126 Å². The average Bonchev–Trinajstić information content (AvgIpc) is 2.97. The van der Waals surface area contributed by atoms with Crippen molar-refractivity contribution in [2.45, 2.75) is 126 Å². The molecular weight excluding hydrogens is 548 g/mol. The number of allylic oxidation sites excluding steroid dienone is 6. The number of benzene rings is 1. The first-order chi connectivity index (χ1) is 21.2. The lowest BCUT2D eigenvalue weighted by atomic mass is 10.1. The fourth-order valence-corrected chi connectivity index (χ4v) is 4.87. The summed E-state index contributed by atoms with van der Waals surface area (Å²) in [6, 6.07) is 5.66. The third kappa shape index (κ3) is 14.5. The van der Waals surface area contributed by atoms with Gasteiger partial charge in [-0.1, -0.05) is 92.4 Å². The quantitative estimate of drug-likeness (QED) is 0.0758. The second-order valence-corrected chi connectivity index (χ2v) is 12.4. The predicted octanol–water partition coefficient (Wildman–Crippen LogP) is 11.5. The van der Waals surface area contributed by atoms with Gasteiger partial charge in [-0.15, -0.1) is 0 Å². The molecule has 0 atom stereocenters. The Morgan fingerprint density at radius 2 is 1.23 bits per heavy atom. The molecular formula is C39H58O5. The van der Waals surface area contributed by atoms with E-state index in [1.54, 1.807) is 0 Å². The fourth-order valence-electron chi connectivity index (χ4n) is 4.87. The van der Waals surface area contributed by atoms with Gasteiger partial charge in [0.25, 0.3) is 0 Å². The number of fused-ring (bicyclic) bond motifs is 1. The van der Waals surface area contributed by atoms with Crippen LogP contribution in [0.2, 0.25) is 0 Å². The van der Waals surface area contributed by atoms with Crippen molar-refractivity contribution in [3.05, 3.63) is 75.2 Å². The monoisotopic (exact) mass is 606 g/mol. The van der Waals surface area contributed by atoms with Gasteiger partial charge < -0.3 is 18.6 Å². The highest BCUT2D eigenvalue weighted by Crippen LogP contribution is 2.37. The molecule has 0 aliphatic heterocycles. The minimum atomic E-state index is -0.560. The topological polar surface area (TPSA) is 57.9 Å². The Morgan fingerprint density at radius 1 is 0.682 bits per heavy atom. The smallest absolute Gasteiger partial charge is 0.383 e. The lowest BCUT2D eigenvalue weighted by molar-refractivity contribution is 0.287. The molecule has 0 saturated carbocycles. The lowest BCUT2D eigenvalue weighted by Crippen LogP contribution is -2.11. The van der Waals surface area contributed by atoms with E-state index >= 15 is 0 Å². The highest BCUT2D eigenvalue weighted by molar-refractivity contribution is 5.89. The number of hydrogen-bond acceptors (Lipinski definition) is 5. The Balaban J connectivity index is 2.20. The molecule has 1 heterocycles. The SMILES string of the molecule is CCCCCCCCCCOc1cccc2c(OCC=C(C)CCC=C(C)C)c(OCC=C(C)CCC=C(C)C)c(=O)oc12. The van der Waals surface area contributed by atoms with Crippen molar-refractivity contribution in [3.63, 3.8) is 0 Å². The van der Waals surface area contributed by atoms with E-state index in [-0.39, 0.29) is 12.4 Å². The molecule has 0 N–H and O–H groups in total. The molecule has 0 bridgehead atoms. The van der Waals surface area contributed by atoms with Gasteiger partial charge in [-0.25, -0.2) is 4.79 Å². The zero-order chi connectivity index (χ0) is 32.2. The van der Waals surface area contributed by atoms with Crippen LogP contribution in [-0.4, -0.2) is 19.8 Å². The zero-order valence-corrected chi connectivity index (χ0v) is 28.7. The number of rotatable bonds is 22. The van der Waals surface area contributed by atoms with Gasteiger partial charge in [-0.3, -0.25) is 0 Å². The van der Waals surface area contributed by atoms with Crippen molar-refractivity contribution in [2.75, 3.05) is 19.8 Å². The van der Waals surface area contributed by atoms with Crippen LogP contribution < -0.4 is 19.8 Å². The summed E-state index contributed by atoms with van der Waals surface area (Å²) < 4.78 is 24.2. The molecule has 0 aliphatic rings. The van der Waals surface area contributed by atoms with Crippen molar-refractivity contribution >= 4 is 11.0 Å². The lowest BCUT2D eigenvalue weighted by Gasteiger charge is -2.15. The van der Waals surface area contributed by atoms with Gasteiger partial charge in [0.15, 0.2) is 17.1 Å². The van der Waals surface area contributed by atoms with Crippen molar-refractivity contribution in [1.29, 1.82) is 0 Å². The molecule has 0 saturated heterocycles. The summed E-state index contributed by atoms with van der Waals surface area (Å²) in [5, 5.41) is 0.674. The molecule has 1 aromatic carbocycles. The highest BCUT2D eigenvalue weighted by Gasteiger charge is 2.20. The minimum absolute atomic E-state index is 0.0988. The standard InChI is InChI=1S/C39H58O5/c1-8-9-10-11-12-13-14-15-27-41-35-24-18-23-34-36(35)44-39(40)38(43-29-26-33(7)22-17-20-31(4)5)37(34)42-28-25-32(6)21-16-19-30(2)3/h18-20,23-26H,8-17,21-22,27-29H2,1-7H3. The number of ether oxygens (including phenoxy) is 3. The molecule has 5 nitrogen and oxygen atoms in total. The Kier molecular flexibility index (Phi) is 18.1. The molecule has 0 amide bonds. The molecule has 0 spiro atoms. The number of unbranched alkanes of at least 4 members (excludes halogenated alkanes) is 7. The molecule has 244 valence electrons. The summed E-state index contributed by atoms with van der Waals surface area (Å²) in [5.74, 6) is 1.06. The van der Waals surface area contributed by atoms with E-state index in [9.17, 15) is 4.79 Å². The first-order valence-corrected chi connectivity index (χ1v) is 16.8. The van der Waals surface area contributed by atoms with E-state index in [1.807, 2.05) is 24.3 Å². The van der Waals surface area contributed by atoms with Gasteiger partial charge in [0.2, 0.25) is 5.75 Å². The normalized spacial score (nSPS) is 11.9. The van der Waals surface area contributed by atoms with Crippen LogP contribution in [0.25, 0.3) is 11.0 Å². The van der Waals surface area contributed by atoms with Crippen LogP contribution in [0.4, 0.5) is 0 Å². The minimum Gasteiger partial charge on any atom is -0.490 e. The maximum atomic E-state index is 13.3. The molecule has 2 aromatic rings. The van der Waals surface area contributed by atoms with E-state index < -0.39 is 5.63 Å². The Hall–Kier alpha value is -3.21. The number of hydrogen-bond donors (Lipinski definition) is 0. The molecule has 44 heavy (non-hydrogen) atoms. The van der Waals surface area contributed by atoms with E-state index in [2.05, 4.69) is 66.7 Å². The molecule has 5 heteroatoms. The van der Waals surface area contributed by atoms with Crippen molar-refractivity contribution in [3.8, 4) is 17.2 Å². The first-order valence-electron chi connectivity index (χ1n) is 16.8. The van der Waals surface area contributed by atoms with Crippen LogP contribution in [0.3, 0.4) is 0 Å². The van der Waals surface area contributed by atoms with Crippen molar-refractivity contribution in [1.82, 2.24) is 0 Å². The van der Waals surface area contributed by atoms with E-state index in [1.165, 1.54) is 60.8 Å². The van der Waals surface area contributed by atoms with Crippen LogP contribution in [0.15, 0.2) is 74.0 Å². The first kappa shape index (κ1) is 37.0. The second-order valence-electron chi connectivity index (χ2n) is 12.4. The molecule has 0 radical (unpaired) electrons. The van der Waals surface area contributed by atoms with Gasteiger partial charge in [-0.2, -0.15) is 0 Å². The van der Waals surface area contributed by atoms with Crippen molar-refractivity contribution in [2.24, 2.45) is 0 Å². The Labute approximate surface area is 267 Å². The summed E-state index contributed by atoms with van der Waals surface area (Å²) in [6.45, 7) is 16.1. The molecule has 0 unspecified atom stereocenters. The van der Waals surface area contributed by atoms with Gasteiger partial charge in [0, 0.05) is 0 Å². The van der Waals surface area contributed by atoms with Crippen LogP contribution >= 0.6 is 0 Å². The Morgan fingerprint density at radius 3 is 1.80 bits per heavy atom. The van der Waals surface area contributed by atoms with E-state index in [0.717, 1.165) is 38.5 Å². The maximum Gasteiger partial charge on any atom is 0.383 e. The van der Waals surface area contributed by atoms with Gasteiger partial charge >= 0.3 is 5.63 Å². The van der Waals surface area contributed by atoms with Crippen molar-refractivity contribution < 1.29 is 18.6 Å². The summed E-state index contributed by atoms with van der Waals surface area (Å²) in [7, 11) is 0. The molecule has 0 aliphatic carbocycles.